The van der Waals surface area contributed by atoms with Crippen molar-refractivity contribution in [3.05, 3.63) is 42.5 Å². The van der Waals surface area contributed by atoms with E-state index < -0.39 is 22.9 Å². The van der Waals surface area contributed by atoms with Crippen LogP contribution in [0.2, 0.25) is 36.3 Å². The molecule has 1 aliphatic rings. The molecule has 0 unspecified atom stereocenters. The molecule has 0 spiro atoms. The van der Waals surface area contributed by atoms with Crippen LogP contribution in [0.5, 0.6) is 5.75 Å². The molecule has 7 nitrogen and oxygen atoms in total. The van der Waals surface area contributed by atoms with Crippen LogP contribution in [-0.2, 0) is 27.9 Å². The van der Waals surface area contributed by atoms with Crippen LogP contribution in [0, 0.1) is 23.7 Å². The van der Waals surface area contributed by atoms with Gasteiger partial charge in [-0.05, 0) is 54.3 Å². The zero-order valence-corrected chi connectivity index (χ0v) is 35.1. The highest BCUT2D eigenvalue weighted by molar-refractivity contribution is 6.74. The Labute approximate surface area is 296 Å². The van der Waals surface area contributed by atoms with Crippen molar-refractivity contribution in [3.63, 3.8) is 0 Å². The summed E-state index contributed by atoms with van der Waals surface area (Å²) in [5.74, 6) is 0.693. The van der Waals surface area contributed by atoms with E-state index >= 15 is 0 Å². The van der Waals surface area contributed by atoms with Gasteiger partial charge in [-0.2, -0.15) is 0 Å². The summed E-state index contributed by atoms with van der Waals surface area (Å²) >= 11 is 0. The number of Topliss-reactive ketones (excluding diaryl/α,β-unsaturated/α-hetero) is 1. The van der Waals surface area contributed by atoms with Crippen LogP contribution in [0.4, 0.5) is 0 Å². The van der Waals surface area contributed by atoms with Crippen molar-refractivity contribution in [1.82, 2.24) is 0 Å². The van der Waals surface area contributed by atoms with E-state index in [0.717, 1.165) is 29.4 Å². The molecule has 0 radical (unpaired) electrons. The molecular formula is C39H70O7Si2. The van der Waals surface area contributed by atoms with Crippen molar-refractivity contribution in [3.8, 4) is 5.75 Å². The SMILES string of the molecule is C=C[C@H](OC)[C@H](O[Si](CC)(CC)CC)[C@@H](C)[C@@H](O[Si](C)(C)C(C)(C)C)[C@H](C)C(=O)C[C@@H]1O[C@H](c2ccc(OC)cc2)O[C@H](C(C)C)[C@H]1C. The van der Waals surface area contributed by atoms with E-state index in [1.54, 1.807) is 14.2 Å². The largest absolute Gasteiger partial charge is 0.497 e. The van der Waals surface area contributed by atoms with E-state index in [4.69, 9.17) is 27.8 Å². The van der Waals surface area contributed by atoms with Gasteiger partial charge in [0.2, 0.25) is 0 Å². The number of carbonyl (C=O) groups excluding carboxylic acids is 1. The summed E-state index contributed by atoms with van der Waals surface area (Å²) in [6.07, 6.45) is 0.238. The summed E-state index contributed by atoms with van der Waals surface area (Å²) in [6, 6.07) is 10.8. The minimum atomic E-state index is -2.30. The second kappa shape index (κ2) is 18.2. The Balaban J connectivity index is 2.52. The van der Waals surface area contributed by atoms with Gasteiger partial charge in [0.1, 0.15) is 17.6 Å². The third-order valence-corrected chi connectivity index (χ3v) is 20.7. The molecule has 1 aliphatic heterocycles. The lowest BCUT2D eigenvalue weighted by Gasteiger charge is -2.47. The zero-order valence-electron chi connectivity index (χ0n) is 33.1. The van der Waals surface area contributed by atoms with Crippen molar-refractivity contribution in [1.29, 1.82) is 0 Å². The lowest BCUT2D eigenvalue weighted by atomic mass is 9.81. The monoisotopic (exact) mass is 706 g/mol. The quantitative estimate of drug-likeness (QED) is 0.105. The van der Waals surface area contributed by atoms with Crippen molar-refractivity contribution in [2.24, 2.45) is 23.7 Å². The lowest BCUT2D eigenvalue weighted by molar-refractivity contribution is -0.279. The van der Waals surface area contributed by atoms with Crippen molar-refractivity contribution < 1.29 is 32.6 Å². The van der Waals surface area contributed by atoms with Crippen molar-refractivity contribution in [2.75, 3.05) is 14.2 Å². The average molecular weight is 707 g/mol. The molecule has 0 bridgehead atoms. The molecular weight excluding hydrogens is 637 g/mol. The van der Waals surface area contributed by atoms with Crippen molar-refractivity contribution in [2.45, 2.75) is 156 Å². The first-order valence-corrected chi connectivity index (χ1v) is 23.8. The number of rotatable bonds is 19. The Hall–Kier alpha value is -1.34. The molecule has 0 saturated carbocycles. The third-order valence-electron chi connectivity index (χ3n) is 11.6. The zero-order chi connectivity index (χ0) is 36.6. The van der Waals surface area contributed by atoms with Crippen molar-refractivity contribution >= 4 is 22.4 Å². The van der Waals surface area contributed by atoms with E-state index in [9.17, 15) is 4.79 Å². The van der Waals surface area contributed by atoms with Gasteiger partial charge in [0.15, 0.2) is 22.9 Å². The van der Waals surface area contributed by atoms with Gasteiger partial charge >= 0.3 is 0 Å². The van der Waals surface area contributed by atoms with Crippen LogP contribution < -0.4 is 4.74 Å². The van der Waals surface area contributed by atoms with Crippen LogP contribution in [-0.4, -0.2) is 67.2 Å². The molecule has 276 valence electrons. The summed E-state index contributed by atoms with van der Waals surface area (Å²) in [4.78, 5) is 14.5. The number of hydrogen-bond acceptors (Lipinski definition) is 7. The Morgan fingerprint density at radius 3 is 1.94 bits per heavy atom. The maximum absolute atomic E-state index is 14.5. The third kappa shape index (κ3) is 10.4. The van der Waals surface area contributed by atoms with Gasteiger partial charge in [0.05, 0.1) is 31.5 Å². The Morgan fingerprint density at radius 1 is 0.938 bits per heavy atom. The smallest absolute Gasteiger partial charge is 0.192 e. The molecule has 0 aliphatic carbocycles. The standard InChI is InChI=1S/C39H70O7Si2/c1-17-33(42-14)37(46-48(18-2,19-3)20-4)29(9)36(45-47(15,16)39(10,11)12)27(7)32(40)25-34-28(8)35(26(5)6)44-38(43-34)30-21-23-31(41-13)24-22-30/h17,21-24,26-29,33-38H,1,18-20,25H2,2-16H3/t27-,28+,29+,33+,34+,35-,36+,37-,38+/m1/s1. The number of ether oxygens (including phenoxy) is 4. The molecule has 9 heteroatoms. The molecule has 2 rings (SSSR count). The second-order valence-corrected chi connectivity index (χ2v) is 25.4. The van der Waals surface area contributed by atoms with E-state index in [2.05, 4.69) is 88.9 Å². The normalized spacial score (nSPS) is 24.1. The maximum atomic E-state index is 14.5. The molecule has 1 aromatic carbocycles. The number of methoxy groups -OCH3 is 2. The van der Waals surface area contributed by atoms with Gasteiger partial charge in [-0.15, -0.1) is 6.58 Å². The molecule has 1 aromatic rings. The number of benzene rings is 1. The highest BCUT2D eigenvalue weighted by Gasteiger charge is 2.48. The van der Waals surface area contributed by atoms with Gasteiger partial charge in [-0.1, -0.05) is 94.4 Å². The first-order valence-electron chi connectivity index (χ1n) is 18.3. The number of carbonyl (C=O) groups is 1. The van der Waals surface area contributed by atoms with Gasteiger partial charge in [0, 0.05) is 36.8 Å². The average Bonchev–Trinajstić information content (AvgIpc) is 3.05. The maximum Gasteiger partial charge on any atom is 0.192 e. The predicted molar refractivity (Wildman–Crippen MR) is 203 cm³/mol. The van der Waals surface area contributed by atoms with E-state index in [0.29, 0.717) is 0 Å². The Kier molecular flexibility index (Phi) is 16.3. The predicted octanol–water partition coefficient (Wildman–Crippen LogP) is 9.98. The van der Waals surface area contributed by atoms with Gasteiger partial charge in [0.25, 0.3) is 0 Å². The van der Waals surface area contributed by atoms with Crippen LogP contribution in [0.3, 0.4) is 0 Å². The summed E-state index contributed by atoms with van der Waals surface area (Å²) < 4.78 is 39.0. The number of ketones is 1. The fourth-order valence-corrected chi connectivity index (χ4v) is 11.2. The van der Waals surface area contributed by atoms with Gasteiger partial charge < -0.3 is 27.8 Å². The highest BCUT2D eigenvalue weighted by Crippen LogP contribution is 2.42. The first-order chi connectivity index (χ1) is 22.3. The topological polar surface area (TPSA) is 72.5 Å². The Bertz CT molecular complexity index is 1120. The van der Waals surface area contributed by atoms with E-state index in [1.807, 2.05) is 37.3 Å². The fourth-order valence-electron chi connectivity index (χ4n) is 6.77. The highest BCUT2D eigenvalue weighted by atomic mass is 28.4. The summed E-state index contributed by atoms with van der Waals surface area (Å²) in [5, 5.41) is -0.0354. The minimum absolute atomic E-state index is 0.0350. The second-order valence-electron chi connectivity index (χ2n) is 15.9. The summed E-state index contributed by atoms with van der Waals surface area (Å²) in [7, 11) is -0.981. The molecule has 48 heavy (non-hydrogen) atoms. The molecule has 0 amide bonds. The summed E-state index contributed by atoms with van der Waals surface area (Å²) in [5.41, 5.74) is 0.914. The molecule has 0 N–H and O–H groups in total. The lowest BCUT2D eigenvalue weighted by Crippen LogP contribution is -2.55. The van der Waals surface area contributed by atoms with Crippen LogP contribution in [0.1, 0.15) is 94.4 Å². The van der Waals surface area contributed by atoms with Crippen LogP contribution >= 0.6 is 0 Å². The first kappa shape index (κ1) is 42.8. The van der Waals surface area contributed by atoms with E-state index in [1.165, 1.54) is 0 Å². The number of hydrogen-bond donors (Lipinski definition) is 0. The molecule has 1 fully saturated rings. The van der Waals surface area contributed by atoms with Crippen LogP contribution in [0.25, 0.3) is 0 Å². The Morgan fingerprint density at radius 2 is 1.50 bits per heavy atom. The molecule has 0 aromatic heterocycles. The van der Waals surface area contributed by atoms with Crippen LogP contribution in [0.15, 0.2) is 36.9 Å². The summed E-state index contributed by atoms with van der Waals surface area (Å²) in [6.45, 7) is 32.8. The minimum Gasteiger partial charge on any atom is -0.497 e. The molecule has 9 atom stereocenters. The fraction of sp³-hybridized carbons (Fsp3) is 0.769. The molecule has 1 heterocycles. The van der Waals surface area contributed by atoms with Gasteiger partial charge in [-0.3, -0.25) is 4.79 Å². The van der Waals surface area contributed by atoms with E-state index in [-0.39, 0.29) is 71.4 Å². The van der Waals surface area contributed by atoms with Gasteiger partial charge in [-0.25, -0.2) is 0 Å². The molecule has 1 saturated heterocycles.